The van der Waals surface area contributed by atoms with E-state index in [1.165, 1.54) is 0 Å². The number of methoxy groups -OCH3 is 1. The lowest BCUT2D eigenvalue weighted by atomic mass is 9.96. The predicted molar refractivity (Wildman–Crippen MR) is 89.1 cm³/mol. The van der Waals surface area contributed by atoms with Crippen molar-refractivity contribution in [3.63, 3.8) is 0 Å². The lowest BCUT2D eigenvalue weighted by Crippen LogP contribution is -2.35. The molecule has 3 atom stereocenters. The second-order valence-corrected chi connectivity index (χ2v) is 6.54. The maximum absolute atomic E-state index is 10.7. The Hall–Kier alpha value is -1.93. The van der Waals surface area contributed by atoms with Crippen molar-refractivity contribution in [1.29, 1.82) is 0 Å². The molecule has 0 amide bonds. The fraction of sp³-hybridized carbons (Fsp3) is 0.500. The van der Waals surface area contributed by atoms with Crippen LogP contribution in [0.25, 0.3) is 11.3 Å². The smallest absolute Gasteiger partial charge is 0.173 e. The Morgan fingerprint density at radius 2 is 1.92 bits per heavy atom. The number of hydrogen-bond donors (Lipinski definition) is 2. The molecule has 7 heteroatoms. The standard InChI is InChI=1S/C18H23NO6/c1-10-14(16(21)15(20)13-9-23-18(2,3)24-13)17(25-19-10)11-5-7-12(22-4)8-6-11/h5-8,13,15-16,20-21H,9H2,1-4H3/t13-,15-,16+/m1/s1. The molecule has 2 aromatic rings. The number of aliphatic hydroxyl groups is 2. The Morgan fingerprint density at radius 1 is 1.24 bits per heavy atom. The van der Waals surface area contributed by atoms with E-state index in [1.807, 2.05) is 0 Å². The van der Waals surface area contributed by atoms with Crippen molar-refractivity contribution >= 4 is 0 Å². The highest BCUT2D eigenvalue weighted by Crippen LogP contribution is 2.36. The highest BCUT2D eigenvalue weighted by Gasteiger charge is 2.41. The number of ether oxygens (including phenoxy) is 3. The van der Waals surface area contributed by atoms with Gasteiger partial charge in [-0.3, -0.25) is 0 Å². The highest BCUT2D eigenvalue weighted by atomic mass is 16.7. The van der Waals surface area contributed by atoms with Gasteiger partial charge in [-0.2, -0.15) is 0 Å². The first-order chi connectivity index (χ1) is 11.8. The molecule has 136 valence electrons. The molecule has 25 heavy (non-hydrogen) atoms. The van der Waals surface area contributed by atoms with Crippen molar-refractivity contribution in [2.24, 2.45) is 0 Å². The van der Waals surface area contributed by atoms with Gasteiger partial charge in [0.25, 0.3) is 0 Å². The van der Waals surface area contributed by atoms with E-state index in [9.17, 15) is 10.2 Å². The summed E-state index contributed by atoms with van der Waals surface area (Å²) in [7, 11) is 1.59. The van der Waals surface area contributed by atoms with Gasteiger partial charge in [-0.1, -0.05) is 5.16 Å². The zero-order valence-corrected chi connectivity index (χ0v) is 14.7. The fourth-order valence-corrected chi connectivity index (χ4v) is 2.93. The van der Waals surface area contributed by atoms with Crippen molar-refractivity contribution in [2.75, 3.05) is 13.7 Å². The Kier molecular flexibility index (Phi) is 4.83. The van der Waals surface area contributed by atoms with E-state index in [-0.39, 0.29) is 6.61 Å². The highest BCUT2D eigenvalue weighted by molar-refractivity contribution is 5.63. The summed E-state index contributed by atoms with van der Waals surface area (Å²) in [4.78, 5) is 0. The van der Waals surface area contributed by atoms with E-state index in [4.69, 9.17) is 18.7 Å². The van der Waals surface area contributed by atoms with Crippen LogP contribution in [0, 0.1) is 6.92 Å². The zero-order valence-electron chi connectivity index (χ0n) is 14.7. The third-order valence-electron chi connectivity index (χ3n) is 4.29. The molecule has 0 aliphatic carbocycles. The van der Waals surface area contributed by atoms with Crippen LogP contribution in [0.3, 0.4) is 0 Å². The van der Waals surface area contributed by atoms with E-state index in [0.29, 0.717) is 22.8 Å². The molecule has 1 aliphatic heterocycles. The minimum Gasteiger partial charge on any atom is -0.497 e. The van der Waals surface area contributed by atoms with Gasteiger partial charge in [0, 0.05) is 5.56 Å². The average Bonchev–Trinajstić information content (AvgIpc) is 3.16. The Labute approximate surface area is 146 Å². The van der Waals surface area contributed by atoms with E-state index >= 15 is 0 Å². The largest absolute Gasteiger partial charge is 0.497 e. The Balaban J connectivity index is 1.87. The van der Waals surface area contributed by atoms with Crippen LogP contribution in [-0.2, 0) is 9.47 Å². The van der Waals surface area contributed by atoms with Crippen LogP contribution in [0.4, 0.5) is 0 Å². The van der Waals surface area contributed by atoms with Gasteiger partial charge in [0.2, 0.25) is 0 Å². The maximum Gasteiger partial charge on any atom is 0.173 e. The van der Waals surface area contributed by atoms with Crippen molar-refractivity contribution < 1.29 is 28.9 Å². The number of benzene rings is 1. The SMILES string of the molecule is COc1ccc(-c2onc(C)c2[C@H](O)[C@H](O)[C@H]2COC(C)(C)O2)cc1. The summed E-state index contributed by atoms with van der Waals surface area (Å²) >= 11 is 0. The van der Waals surface area contributed by atoms with Gasteiger partial charge >= 0.3 is 0 Å². The monoisotopic (exact) mass is 349 g/mol. The molecule has 0 saturated carbocycles. The van der Waals surface area contributed by atoms with Crippen LogP contribution >= 0.6 is 0 Å². The molecule has 3 rings (SSSR count). The maximum atomic E-state index is 10.7. The van der Waals surface area contributed by atoms with Crippen LogP contribution in [-0.4, -0.2) is 47.1 Å². The van der Waals surface area contributed by atoms with Crippen molar-refractivity contribution in [3.05, 3.63) is 35.5 Å². The average molecular weight is 349 g/mol. The number of hydrogen-bond acceptors (Lipinski definition) is 7. The molecule has 1 fully saturated rings. The number of aryl methyl sites for hydroxylation is 1. The molecular formula is C18H23NO6. The zero-order chi connectivity index (χ0) is 18.2. The van der Waals surface area contributed by atoms with Gasteiger partial charge in [-0.05, 0) is 45.0 Å². The van der Waals surface area contributed by atoms with Crippen LogP contribution in [0.1, 0.15) is 31.2 Å². The molecule has 0 radical (unpaired) electrons. The molecule has 1 aromatic carbocycles. The molecule has 2 N–H and O–H groups in total. The molecule has 0 unspecified atom stereocenters. The first-order valence-electron chi connectivity index (χ1n) is 8.11. The number of nitrogens with zero attached hydrogens (tertiary/aromatic N) is 1. The second-order valence-electron chi connectivity index (χ2n) is 6.54. The lowest BCUT2D eigenvalue weighted by molar-refractivity contribution is -0.160. The molecule has 0 bridgehead atoms. The molecule has 1 saturated heterocycles. The first kappa shape index (κ1) is 17.9. The summed E-state index contributed by atoms with van der Waals surface area (Å²) in [6.45, 7) is 5.45. The van der Waals surface area contributed by atoms with Crippen molar-refractivity contribution in [3.8, 4) is 17.1 Å². The van der Waals surface area contributed by atoms with E-state index < -0.39 is 24.1 Å². The van der Waals surface area contributed by atoms with Crippen molar-refractivity contribution in [1.82, 2.24) is 5.16 Å². The number of aliphatic hydroxyl groups excluding tert-OH is 2. The van der Waals surface area contributed by atoms with E-state index in [2.05, 4.69) is 5.16 Å². The topological polar surface area (TPSA) is 94.2 Å². The summed E-state index contributed by atoms with van der Waals surface area (Å²) in [6, 6.07) is 7.19. The molecule has 0 spiro atoms. The van der Waals surface area contributed by atoms with Crippen LogP contribution in [0.2, 0.25) is 0 Å². The van der Waals surface area contributed by atoms with E-state index in [0.717, 1.165) is 5.56 Å². The predicted octanol–water partition coefficient (Wildman–Crippen LogP) is 2.20. The second kappa shape index (κ2) is 6.76. The Bertz CT molecular complexity index is 724. The molecule has 1 aromatic heterocycles. The quantitative estimate of drug-likeness (QED) is 0.854. The van der Waals surface area contributed by atoms with Crippen LogP contribution < -0.4 is 4.74 Å². The molecule has 1 aliphatic rings. The number of aromatic nitrogens is 1. The summed E-state index contributed by atoms with van der Waals surface area (Å²) in [5, 5.41) is 25.2. The van der Waals surface area contributed by atoms with Crippen molar-refractivity contribution in [2.45, 2.75) is 44.9 Å². The molecule has 7 nitrogen and oxygen atoms in total. The van der Waals surface area contributed by atoms with Gasteiger partial charge in [-0.15, -0.1) is 0 Å². The van der Waals surface area contributed by atoms with Gasteiger partial charge in [0.05, 0.1) is 25.0 Å². The third-order valence-corrected chi connectivity index (χ3v) is 4.29. The lowest BCUT2D eigenvalue weighted by Gasteiger charge is -2.24. The van der Waals surface area contributed by atoms with Gasteiger partial charge < -0.3 is 28.9 Å². The minimum absolute atomic E-state index is 0.202. The summed E-state index contributed by atoms with van der Waals surface area (Å²) in [5.41, 5.74) is 1.67. The van der Waals surface area contributed by atoms with Gasteiger partial charge in [0.15, 0.2) is 11.5 Å². The molecule has 2 heterocycles. The van der Waals surface area contributed by atoms with Crippen LogP contribution in [0.15, 0.2) is 28.8 Å². The van der Waals surface area contributed by atoms with E-state index in [1.54, 1.807) is 52.1 Å². The normalized spacial score (nSPS) is 21.9. The van der Waals surface area contributed by atoms with Crippen LogP contribution in [0.5, 0.6) is 5.75 Å². The number of rotatable bonds is 5. The fourth-order valence-electron chi connectivity index (χ4n) is 2.93. The van der Waals surface area contributed by atoms with Gasteiger partial charge in [-0.25, -0.2) is 0 Å². The van der Waals surface area contributed by atoms with Gasteiger partial charge in [0.1, 0.15) is 24.1 Å². The minimum atomic E-state index is -1.22. The third kappa shape index (κ3) is 3.55. The summed E-state index contributed by atoms with van der Waals surface area (Å²) < 4.78 is 21.7. The first-order valence-corrected chi connectivity index (χ1v) is 8.11. The Morgan fingerprint density at radius 3 is 2.48 bits per heavy atom. The molecular weight excluding hydrogens is 326 g/mol. The summed E-state index contributed by atoms with van der Waals surface area (Å²) in [6.07, 6.45) is -3.02. The summed E-state index contributed by atoms with van der Waals surface area (Å²) in [5.74, 6) is 0.333.